The van der Waals surface area contributed by atoms with E-state index in [-0.39, 0.29) is 30.0 Å². The Kier molecular flexibility index (Phi) is 5.35. The molecule has 0 heterocycles. The number of carbonyl (C=O) groups is 2. The van der Waals surface area contributed by atoms with Crippen LogP contribution >= 0.6 is 0 Å². The molecule has 3 rings (SSSR count). The average molecular weight is 355 g/mol. The SMILES string of the molecule is Cc1ccccc1[C@H](CC(=O)O)NC(=O)C1CC(c2ccc(F)cc2)C1. The zero-order chi connectivity index (χ0) is 18.7. The minimum absolute atomic E-state index is 0.113. The van der Waals surface area contributed by atoms with Gasteiger partial charge in [-0.1, -0.05) is 36.4 Å². The van der Waals surface area contributed by atoms with E-state index in [0.717, 1.165) is 16.7 Å². The van der Waals surface area contributed by atoms with Crippen molar-refractivity contribution in [2.75, 3.05) is 0 Å². The number of carboxylic acids is 1. The number of nitrogens with one attached hydrogen (secondary N) is 1. The lowest BCUT2D eigenvalue weighted by atomic mass is 9.71. The third-order valence-electron chi connectivity index (χ3n) is 5.11. The first-order valence-corrected chi connectivity index (χ1v) is 8.77. The number of hydrogen-bond donors (Lipinski definition) is 2. The number of aryl methyl sites for hydroxylation is 1. The molecule has 2 aromatic carbocycles. The number of halogens is 1. The van der Waals surface area contributed by atoms with Crippen molar-refractivity contribution in [3.05, 3.63) is 71.0 Å². The molecule has 0 bridgehead atoms. The molecule has 1 aliphatic carbocycles. The largest absolute Gasteiger partial charge is 0.481 e. The molecule has 4 nitrogen and oxygen atoms in total. The standard InChI is InChI=1S/C21H22FNO3/c1-13-4-2-3-5-18(13)19(12-20(24)25)23-21(26)16-10-15(11-16)14-6-8-17(22)9-7-14/h2-9,15-16,19H,10-12H2,1H3,(H,23,26)(H,24,25)/t15?,16?,19-/m0/s1. The fourth-order valence-corrected chi connectivity index (χ4v) is 3.52. The van der Waals surface area contributed by atoms with Crippen LogP contribution in [0.15, 0.2) is 48.5 Å². The monoisotopic (exact) mass is 355 g/mol. The number of carboxylic acid groups (broad SMARTS) is 1. The Hall–Kier alpha value is -2.69. The van der Waals surface area contributed by atoms with Gasteiger partial charge in [0.25, 0.3) is 0 Å². The summed E-state index contributed by atoms with van der Waals surface area (Å²) in [6.45, 7) is 1.91. The minimum atomic E-state index is -0.948. The Balaban J connectivity index is 1.63. The van der Waals surface area contributed by atoms with Crippen molar-refractivity contribution in [1.29, 1.82) is 0 Å². The number of hydrogen-bond acceptors (Lipinski definition) is 2. The first-order chi connectivity index (χ1) is 12.4. The van der Waals surface area contributed by atoms with Crippen LogP contribution in [-0.2, 0) is 9.59 Å². The predicted octanol–water partition coefficient (Wildman–Crippen LogP) is 3.96. The smallest absolute Gasteiger partial charge is 0.305 e. The molecule has 1 atom stereocenters. The van der Waals surface area contributed by atoms with Gasteiger partial charge in [-0.15, -0.1) is 0 Å². The maximum absolute atomic E-state index is 13.0. The Morgan fingerprint density at radius 2 is 1.81 bits per heavy atom. The van der Waals surface area contributed by atoms with Crippen LogP contribution in [0, 0.1) is 18.7 Å². The molecule has 1 fully saturated rings. The van der Waals surface area contributed by atoms with E-state index >= 15 is 0 Å². The first kappa shape index (κ1) is 18.1. The molecule has 2 N–H and O–H groups in total. The fourth-order valence-electron chi connectivity index (χ4n) is 3.52. The number of benzene rings is 2. The highest BCUT2D eigenvalue weighted by molar-refractivity contribution is 5.81. The minimum Gasteiger partial charge on any atom is -0.481 e. The summed E-state index contributed by atoms with van der Waals surface area (Å²) in [5, 5.41) is 12.1. The van der Waals surface area contributed by atoms with E-state index in [1.807, 2.05) is 31.2 Å². The topological polar surface area (TPSA) is 66.4 Å². The molecule has 1 saturated carbocycles. The highest BCUT2D eigenvalue weighted by Crippen LogP contribution is 2.42. The van der Waals surface area contributed by atoms with Gasteiger partial charge in [0.2, 0.25) is 5.91 Å². The van der Waals surface area contributed by atoms with Crippen molar-refractivity contribution in [3.63, 3.8) is 0 Å². The van der Waals surface area contributed by atoms with E-state index in [2.05, 4.69) is 5.32 Å². The molecule has 5 heteroatoms. The van der Waals surface area contributed by atoms with Crippen molar-refractivity contribution in [3.8, 4) is 0 Å². The second kappa shape index (κ2) is 7.68. The molecular formula is C21H22FNO3. The molecule has 2 aromatic rings. The Morgan fingerprint density at radius 1 is 1.15 bits per heavy atom. The summed E-state index contributed by atoms with van der Waals surface area (Å²) in [5.41, 5.74) is 2.82. The Morgan fingerprint density at radius 3 is 2.42 bits per heavy atom. The molecule has 0 unspecified atom stereocenters. The number of amides is 1. The molecule has 26 heavy (non-hydrogen) atoms. The molecule has 1 aliphatic rings. The van der Waals surface area contributed by atoms with Crippen molar-refractivity contribution in [1.82, 2.24) is 5.32 Å². The zero-order valence-corrected chi connectivity index (χ0v) is 14.6. The number of aliphatic carboxylic acids is 1. The van der Waals surface area contributed by atoms with Gasteiger partial charge >= 0.3 is 5.97 Å². The fraction of sp³-hybridized carbons (Fsp3) is 0.333. The summed E-state index contributed by atoms with van der Waals surface area (Å²) in [7, 11) is 0. The van der Waals surface area contributed by atoms with E-state index < -0.39 is 12.0 Å². The van der Waals surface area contributed by atoms with Crippen LogP contribution < -0.4 is 5.32 Å². The van der Waals surface area contributed by atoms with E-state index in [1.165, 1.54) is 12.1 Å². The average Bonchev–Trinajstić information content (AvgIpc) is 2.54. The van der Waals surface area contributed by atoms with Gasteiger partial charge in [0, 0.05) is 5.92 Å². The molecule has 0 spiro atoms. The number of rotatable bonds is 6. The lowest BCUT2D eigenvalue weighted by Gasteiger charge is -2.35. The third kappa shape index (κ3) is 4.10. The van der Waals surface area contributed by atoms with E-state index in [9.17, 15) is 19.1 Å². The summed E-state index contributed by atoms with van der Waals surface area (Å²) in [4.78, 5) is 23.8. The normalized spacial score (nSPS) is 20.1. The summed E-state index contributed by atoms with van der Waals surface area (Å²) < 4.78 is 13.0. The van der Waals surface area contributed by atoms with Crippen molar-refractivity contribution in [2.24, 2.45) is 5.92 Å². The maximum atomic E-state index is 13.0. The van der Waals surface area contributed by atoms with E-state index in [4.69, 9.17) is 0 Å². The zero-order valence-electron chi connectivity index (χ0n) is 14.6. The quantitative estimate of drug-likeness (QED) is 0.824. The van der Waals surface area contributed by atoms with Gasteiger partial charge in [0.1, 0.15) is 5.82 Å². The summed E-state index contributed by atoms with van der Waals surface area (Å²) in [5.74, 6) is -1.21. The molecule has 0 aliphatic heterocycles. The maximum Gasteiger partial charge on any atom is 0.305 e. The Labute approximate surface area is 152 Å². The van der Waals surface area contributed by atoms with E-state index in [1.54, 1.807) is 12.1 Å². The molecule has 0 saturated heterocycles. The van der Waals surface area contributed by atoms with Gasteiger partial charge in [0.05, 0.1) is 12.5 Å². The highest BCUT2D eigenvalue weighted by Gasteiger charge is 2.36. The van der Waals surface area contributed by atoms with Crippen LogP contribution in [0.3, 0.4) is 0 Å². The molecule has 136 valence electrons. The van der Waals surface area contributed by atoms with Gasteiger partial charge in [0.15, 0.2) is 0 Å². The van der Waals surface area contributed by atoms with Gasteiger partial charge in [-0.2, -0.15) is 0 Å². The molecule has 1 amide bonds. The molecular weight excluding hydrogens is 333 g/mol. The third-order valence-corrected chi connectivity index (χ3v) is 5.11. The van der Waals surface area contributed by atoms with Crippen LogP contribution in [0.2, 0.25) is 0 Å². The summed E-state index contributed by atoms with van der Waals surface area (Å²) in [6, 6.07) is 13.3. The second-order valence-corrected chi connectivity index (χ2v) is 6.93. The van der Waals surface area contributed by atoms with Crippen LogP contribution in [-0.4, -0.2) is 17.0 Å². The van der Waals surface area contributed by atoms with Crippen LogP contribution in [0.25, 0.3) is 0 Å². The van der Waals surface area contributed by atoms with Crippen LogP contribution in [0.4, 0.5) is 4.39 Å². The second-order valence-electron chi connectivity index (χ2n) is 6.93. The lowest BCUT2D eigenvalue weighted by Crippen LogP contribution is -2.40. The summed E-state index contributed by atoms with van der Waals surface area (Å²) in [6.07, 6.45) is 1.25. The van der Waals surface area contributed by atoms with Crippen LogP contribution in [0.1, 0.15) is 47.9 Å². The predicted molar refractivity (Wildman–Crippen MR) is 96.2 cm³/mol. The lowest BCUT2D eigenvalue weighted by molar-refractivity contribution is -0.138. The van der Waals surface area contributed by atoms with E-state index in [0.29, 0.717) is 12.8 Å². The van der Waals surface area contributed by atoms with Gasteiger partial charge < -0.3 is 10.4 Å². The molecule has 0 radical (unpaired) electrons. The molecule has 0 aromatic heterocycles. The number of carbonyl (C=O) groups excluding carboxylic acids is 1. The van der Waals surface area contributed by atoms with Crippen LogP contribution in [0.5, 0.6) is 0 Å². The first-order valence-electron chi connectivity index (χ1n) is 8.77. The Bertz CT molecular complexity index is 797. The van der Waals surface area contributed by atoms with Gasteiger partial charge in [-0.05, 0) is 54.5 Å². The van der Waals surface area contributed by atoms with Crippen molar-refractivity contribution < 1.29 is 19.1 Å². The summed E-state index contributed by atoms with van der Waals surface area (Å²) >= 11 is 0. The van der Waals surface area contributed by atoms with Gasteiger partial charge in [-0.25, -0.2) is 4.39 Å². The van der Waals surface area contributed by atoms with Gasteiger partial charge in [-0.3, -0.25) is 9.59 Å². The van der Waals surface area contributed by atoms with Crippen molar-refractivity contribution >= 4 is 11.9 Å². The van der Waals surface area contributed by atoms with Crippen molar-refractivity contribution in [2.45, 2.75) is 38.1 Å². The highest BCUT2D eigenvalue weighted by atomic mass is 19.1.